The number of carbonyl (C=O) groups excluding carboxylic acids is 3. The smallest absolute Gasteiger partial charge is 0.0394 e. The molecule has 1 aromatic carbocycles. The van der Waals surface area contributed by atoms with Gasteiger partial charge in [-0.2, -0.15) is 0 Å². The van der Waals surface area contributed by atoms with E-state index in [2.05, 4.69) is 87.7 Å². The van der Waals surface area contributed by atoms with E-state index in [4.69, 9.17) is 19.7 Å². The van der Waals surface area contributed by atoms with Gasteiger partial charge in [0.2, 0.25) is 0 Å². The average Bonchev–Trinajstić information content (AvgIpc) is 3.30. The molecule has 4 atom stereocenters. The quantitative estimate of drug-likeness (QED) is 0.252. The van der Waals surface area contributed by atoms with Crippen LogP contribution in [0.5, 0.6) is 0 Å². The van der Waals surface area contributed by atoms with Crippen molar-refractivity contribution in [1.29, 1.82) is 0 Å². The van der Waals surface area contributed by atoms with Gasteiger partial charge in [-0.15, -0.1) is 12.6 Å². The molecule has 1 radical (unpaired) electrons. The van der Waals surface area contributed by atoms with E-state index in [1.54, 1.807) is 0 Å². The van der Waals surface area contributed by atoms with Crippen molar-refractivity contribution in [1.82, 2.24) is 4.98 Å². The predicted octanol–water partition coefficient (Wildman–Crippen LogP) is 3.76. The van der Waals surface area contributed by atoms with E-state index in [0.717, 1.165) is 32.4 Å². The summed E-state index contributed by atoms with van der Waals surface area (Å²) in [5.74, 6) is 0.718. The molecule has 32 heavy (non-hydrogen) atoms. The summed E-state index contributed by atoms with van der Waals surface area (Å²) in [6.45, 7) is 12.8. The zero-order chi connectivity index (χ0) is 23.6. The molecule has 6 nitrogen and oxygen atoms in total. The number of rotatable bonds is 7. The Hall–Kier alpha value is -1.91. The van der Waals surface area contributed by atoms with E-state index in [-0.39, 0.29) is 17.1 Å². The van der Waals surface area contributed by atoms with Crippen LogP contribution in [0.15, 0.2) is 48.7 Å². The first-order valence-corrected chi connectivity index (χ1v) is 11.0. The van der Waals surface area contributed by atoms with Crippen molar-refractivity contribution in [2.24, 2.45) is 5.92 Å². The van der Waals surface area contributed by atoms with Gasteiger partial charge < -0.3 is 24.6 Å². The summed E-state index contributed by atoms with van der Waals surface area (Å²) < 4.78 is 0. The second-order valence-corrected chi connectivity index (χ2v) is 8.80. The van der Waals surface area contributed by atoms with Crippen LogP contribution in [0, 0.1) is 5.92 Å². The van der Waals surface area contributed by atoms with Crippen LogP contribution >= 0.6 is 8.58 Å². The van der Waals surface area contributed by atoms with Crippen molar-refractivity contribution in [2.75, 3.05) is 19.0 Å². The third-order valence-electron chi connectivity index (χ3n) is 5.17. The summed E-state index contributed by atoms with van der Waals surface area (Å²) in [6.07, 6.45) is 5.91. The standard InChI is InChI=1S/C21H29N3P.3CHO.Mn/c1-16(23-15-17-14-18(24(2)3)12-13-22-17)20-10-7-11-21(20)25-19-8-5-4-6-9-19;3*1-2;/h4-6,8-9,12-14,16,20-21,25H,7,10-11,15H2,1-3H3;3*1H;/q4*-1;/t16-,20?,21?;;;;/m0..../s1. The van der Waals surface area contributed by atoms with Crippen LogP contribution in [0.25, 0.3) is 5.32 Å². The minimum atomic E-state index is 0. The van der Waals surface area contributed by atoms with Crippen LogP contribution in [0.1, 0.15) is 31.9 Å². The Bertz CT molecular complexity index is 720. The first-order valence-electron chi connectivity index (χ1n) is 9.94. The van der Waals surface area contributed by atoms with E-state index in [9.17, 15) is 0 Å². The van der Waals surface area contributed by atoms with E-state index in [1.165, 1.54) is 30.3 Å². The minimum absolute atomic E-state index is 0. The van der Waals surface area contributed by atoms with Gasteiger partial charge in [0.05, 0.1) is 0 Å². The Morgan fingerprint density at radius 2 is 1.69 bits per heavy atom. The number of benzene rings is 1. The number of pyridine rings is 1. The second kappa shape index (κ2) is 19.8. The molecule has 0 amide bonds. The van der Waals surface area contributed by atoms with Crippen molar-refractivity contribution in [3.05, 3.63) is 59.7 Å². The monoisotopic (exact) mass is 496 g/mol. The topological polar surface area (TPSA) is 81.4 Å². The molecule has 0 spiro atoms. The fourth-order valence-electron chi connectivity index (χ4n) is 3.70. The third-order valence-corrected chi connectivity index (χ3v) is 6.93. The Labute approximate surface area is 205 Å². The number of aromatic nitrogens is 1. The molecule has 1 aliphatic rings. The van der Waals surface area contributed by atoms with E-state index in [0.29, 0.717) is 6.04 Å². The largest absolute Gasteiger partial charge is 0.654 e. The van der Waals surface area contributed by atoms with Gasteiger partial charge >= 0.3 is 0 Å². The van der Waals surface area contributed by atoms with Crippen LogP contribution in [-0.2, 0) is 38.0 Å². The molecule has 1 aliphatic carbocycles. The Balaban J connectivity index is 0. The molecular formula is C24H32MnN3O3P-4. The van der Waals surface area contributed by atoms with Crippen LogP contribution < -0.4 is 10.2 Å². The van der Waals surface area contributed by atoms with E-state index in [1.807, 2.05) is 12.3 Å². The van der Waals surface area contributed by atoms with Gasteiger partial charge in [-0.05, 0) is 29.5 Å². The van der Waals surface area contributed by atoms with Crippen LogP contribution in [0.3, 0.4) is 0 Å². The predicted molar refractivity (Wildman–Crippen MR) is 131 cm³/mol. The van der Waals surface area contributed by atoms with Gasteiger partial charge in [-0.1, -0.05) is 64.6 Å². The Morgan fingerprint density at radius 3 is 2.28 bits per heavy atom. The van der Waals surface area contributed by atoms with Gasteiger partial charge in [0, 0.05) is 48.7 Å². The molecule has 1 saturated carbocycles. The summed E-state index contributed by atoms with van der Waals surface area (Å²) in [5, 5.41) is 6.48. The first kappa shape index (κ1) is 32.3. The van der Waals surface area contributed by atoms with Gasteiger partial charge in [0.25, 0.3) is 0 Å². The van der Waals surface area contributed by atoms with Crippen LogP contribution in [0.4, 0.5) is 5.69 Å². The molecule has 3 unspecified atom stereocenters. The third kappa shape index (κ3) is 11.1. The normalized spacial score (nSPS) is 17.3. The maximum atomic E-state index is 7.75. The van der Waals surface area contributed by atoms with Crippen molar-refractivity contribution in [3.8, 4) is 0 Å². The van der Waals surface area contributed by atoms with Crippen molar-refractivity contribution < 1.29 is 31.5 Å². The second-order valence-electron chi connectivity index (χ2n) is 7.19. The van der Waals surface area contributed by atoms with Gasteiger partial charge in [0.1, 0.15) is 0 Å². The Kier molecular flexibility index (Phi) is 19.9. The molecule has 177 valence electrons. The van der Waals surface area contributed by atoms with Crippen molar-refractivity contribution >= 4 is 39.9 Å². The molecule has 0 N–H and O–H groups in total. The maximum Gasteiger partial charge on any atom is 0.0394 e. The van der Waals surface area contributed by atoms with Crippen molar-refractivity contribution in [2.45, 2.75) is 44.4 Å². The molecule has 2 aromatic rings. The fourth-order valence-corrected chi connectivity index (χ4v) is 5.52. The van der Waals surface area contributed by atoms with Crippen LogP contribution in [-0.4, -0.2) is 51.1 Å². The van der Waals surface area contributed by atoms with E-state index < -0.39 is 0 Å². The number of anilines is 1. The summed E-state index contributed by atoms with van der Waals surface area (Å²) in [7, 11) is 5.04. The van der Waals surface area contributed by atoms with Gasteiger partial charge in [-0.3, -0.25) is 25.4 Å². The minimum Gasteiger partial charge on any atom is -0.654 e. The summed E-state index contributed by atoms with van der Waals surface area (Å²) in [4.78, 5) is 29.9. The molecular weight excluding hydrogens is 464 g/mol. The summed E-state index contributed by atoms with van der Waals surface area (Å²) in [5.41, 5.74) is 3.05. The van der Waals surface area contributed by atoms with Crippen LogP contribution in [0.2, 0.25) is 0 Å². The molecule has 3 rings (SSSR count). The van der Waals surface area contributed by atoms with Crippen molar-refractivity contribution in [3.63, 3.8) is 0 Å². The fraction of sp³-hybridized carbons (Fsp3) is 0.417. The molecule has 1 aromatic heterocycles. The summed E-state index contributed by atoms with van der Waals surface area (Å²) >= 11 is 0. The zero-order valence-electron chi connectivity index (χ0n) is 18.9. The molecule has 1 fully saturated rings. The molecule has 0 saturated heterocycles. The van der Waals surface area contributed by atoms with E-state index >= 15 is 0 Å². The number of nitrogens with zero attached hydrogens (tertiary/aromatic N) is 3. The average molecular weight is 496 g/mol. The molecule has 0 bridgehead atoms. The summed E-state index contributed by atoms with van der Waals surface area (Å²) in [6, 6.07) is 15.6. The Morgan fingerprint density at radius 1 is 1.06 bits per heavy atom. The van der Waals surface area contributed by atoms with Gasteiger partial charge in [-0.25, -0.2) is 0 Å². The zero-order valence-corrected chi connectivity index (χ0v) is 21.0. The maximum absolute atomic E-state index is 7.75. The molecule has 8 heteroatoms. The van der Waals surface area contributed by atoms with Gasteiger partial charge in [0.15, 0.2) is 0 Å². The molecule has 0 aliphatic heterocycles. The molecule has 1 heterocycles. The SMILES string of the molecule is C[C@H]([N-]Cc1cc(N(C)C)ccn1)C1CCCC1Pc1ccccc1.[CH-]=O.[CH-]=O.[CH-]=O.[Mn]. The number of hydrogen-bond donors (Lipinski definition) is 0. The first-order chi connectivity index (χ1) is 15.1. The number of hydrogen-bond acceptors (Lipinski definition) is 5.